The van der Waals surface area contributed by atoms with E-state index in [0.29, 0.717) is 28.2 Å². The summed E-state index contributed by atoms with van der Waals surface area (Å²) < 4.78 is 20.2. The lowest BCUT2D eigenvalue weighted by molar-refractivity contribution is -0.141. The number of carbonyl (C=O) groups is 2. The zero-order valence-electron chi connectivity index (χ0n) is 22.1. The molecule has 0 aliphatic heterocycles. The minimum atomic E-state index is -0.615. The summed E-state index contributed by atoms with van der Waals surface area (Å²) in [4.78, 5) is 24.7. The molecule has 3 aromatic carbocycles. The van der Waals surface area contributed by atoms with Crippen LogP contribution in [0.4, 0.5) is 9.18 Å². The van der Waals surface area contributed by atoms with E-state index in [2.05, 4.69) is 20.8 Å². The van der Waals surface area contributed by atoms with Crippen molar-refractivity contribution in [3.05, 3.63) is 106 Å². The Labute approximate surface area is 241 Å². The van der Waals surface area contributed by atoms with E-state index < -0.39 is 18.0 Å². The van der Waals surface area contributed by atoms with Crippen LogP contribution >= 0.6 is 23.4 Å². The lowest BCUT2D eigenvalue weighted by Gasteiger charge is -2.21. The van der Waals surface area contributed by atoms with Crippen LogP contribution in [0.5, 0.6) is 0 Å². The number of carbonyl (C=O) groups excluding carboxylic acids is 2. The Hall–Kier alpha value is -3.89. The average molecular weight is 582 g/mol. The molecule has 0 aliphatic rings. The van der Waals surface area contributed by atoms with Gasteiger partial charge in [-0.25, -0.2) is 9.18 Å². The van der Waals surface area contributed by atoms with Gasteiger partial charge in [-0.3, -0.25) is 9.36 Å². The van der Waals surface area contributed by atoms with Gasteiger partial charge in [0.05, 0.1) is 18.3 Å². The van der Waals surface area contributed by atoms with Crippen LogP contribution in [0.25, 0.3) is 5.69 Å². The molecule has 0 saturated carbocycles. The number of aromatic nitrogens is 3. The number of urea groups is 1. The Kier molecular flexibility index (Phi) is 10.2. The van der Waals surface area contributed by atoms with Crippen LogP contribution in [0.15, 0.2) is 78.0 Å². The topological polar surface area (TPSA) is 98.1 Å². The van der Waals surface area contributed by atoms with Crippen molar-refractivity contribution >= 4 is 35.4 Å². The predicted molar refractivity (Wildman–Crippen MR) is 153 cm³/mol. The van der Waals surface area contributed by atoms with Gasteiger partial charge in [0, 0.05) is 17.2 Å². The number of rotatable bonds is 11. The first-order valence-corrected chi connectivity index (χ1v) is 14.0. The summed E-state index contributed by atoms with van der Waals surface area (Å²) >= 11 is 7.83. The first kappa shape index (κ1) is 29.1. The molecule has 2 N–H and O–H groups in total. The number of esters is 1. The third-order valence-electron chi connectivity index (χ3n) is 5.95. The Morgan fingerprint density at radius 3 is 2.52 bits per heavy atom. The standard InChI is InChI=1S/C29H29ClFN5O3S/c1-3-39-26(37)17-32-28(38)33-24(15-20-7-5-4-6-8-20)27-34-35-29(40-18-21-10-13-23(31)14-11-21)36(27)25-16-22(30)12-9-19(25)2/h4-14,16,24H,3,15,17-18H2,1-2H3,(H2,32,33,38). The quantitative estimate of drug-likeness (QED) is 0.171. The van der Waals surface area contributed by atoms with Crippen molar-refractivity contribution in [2.75, 3.05) is 13.2 Å². The monoisotopic (exact) mass is 581 g/mol. The number of ether oxygens (including phenoxy) is 1. The molecule has 0 fully saturated rings. The van der Waals surface area contributed by atoms with Crippen LogP contribution < -0.4 is 10.6 Å². The van der Waals surface area contributed by atoms with E-state index in [9.17, 15) is 14.0 Å². The number of amides is 2. The molecule has 40 heavy (non-hydrogen) atoms. The lowest BCUT2D eigenvalue weighted by atomic mass is 10.0. The molecule has 1 aromatic heterocycles. The minimum absolute atomic E-state index is 0.221. The van der Waals surface area contributed by atoms with E-state index >= 15 is 0 Å². The van der Waals surface area contributed by atoms with Crippen molar-refractivity contribution in [1.82, 2.24) is 25.4 Å². The Bertz CT molecular complexity index is 1450. The van der Waals surface area contributed by atoms with E-state index in [1.807, 2.05) is 54.0 Å². The first-order chi connectivity index (χ1) is 19.3. The highest BCUT2D eigenvalue weighted by molar-refractivity contribution is 7.98. The van der Waals surface area contributed by atoms with Gasteiger partial charge in [-0.2, -0.15) is 0 Å². The predicted octanol–water partition coefficient (Wildman–Crippen LogP) is 5.81. The van der Waals surface area contributed by atoms with E-state index in [1.165, 1.54) is 23.9 Å². The summed E-state index contributed by atoms with van der Waals surface area (Å²) in [6.07, 6.45) is 0.411. The molecule has 0 radical (unpaired) electrons. The molecule has 1 heterocycles. The molecule has 208 valence electrons. The molecular formula is C29H29ClFN5O3S. The van der Waals surface area contributed by atoms with Gasteiger partial charge in [0.2, 0.25) is 0 Å². The van der Waals surface area contributed by atoms with E-state index in [0.717, 1.165) is 22.4 Å². The van der Waals surface area contributed by atoms with Crippen LogP contribution in [-0.4, -0.2) is 39.9 Å². The number of halogens is 2. The molecule has 1 unspecified atom stereocenters. The van der Waals surface area contributed by atoms with Gasteiger partial charge < -0.3 is 15.4 Å². The molecule has 2 amide bonds. The second kappa shape index (κ2) is 14.0. The fraction of sp³-hybridized carbons (Fsp3) is 0.241. The van der Waals surface area contributed by atoms with Gasteiger partial charge in [0.25, 0.3) is 0 Å². The average Bonchev–Trinajstić information content (AvgIpc) is 3.37. The molecule has 4 aromatic rings. The Balaban J connectivity index is 1.70. The largest absolute Gasteiger partial charge is 0.465 e. The van der Waals surface area contributed by atoms with Crippen molar-refractivity contribution < 1.29 is 18.7 Å². The van der Waals surface area contributed by atoms with Gasteiger partial charge in [-0.05, 0) is 54.8 Å². The zero-order valence-corrected chi connectivity index (χ0v) is 23.6. The number of nitrogens with one attached hydrogen (secondary N) is 2. The Morgan fingerprint density at radius 1 is 1.05 bits per heavy atom. The minimum Gasteiger partial charge on any atom is -0.465 e. The molecule has 11 heteroatoms. The molecule has 0 saturated heterocycles. The SMILES string of the molecule is CCOC(=O)CNC(=O)NC(Cc1ccccc1)c1nnc(SCc2ccc(F)cc2)n1-c1cc(Cl)ccc1C. The third-order valence-corrected chi connectivity index (χ3v) is 7.19. The molecule has 8 nitrogen and oxygen atoms in total. The van der Waals surface area contributed by atoms with E-state index in [-0.39, 0.29) is 19.0 Å². The molecule has 0 bridgehead atoms. The van der Waals surface area contributed by atoms with Crippen molar-refractivity contribution in [2.24, 2.45) is 0 Å². The fourth-order valence-corrected chi connectivity index (χ4v) is 5.08. The first-order valence-electron chi connectivity index (χ1n) is 12.7. The lowest BCUT2D eigenvalue weighted by Crippen LogP contribution is -2.42. The van der Waals surface area contributed by atoms with Crippen LogP contribution in [0, 0.1) is 12.7 Å². The van der Waals surface area contributed by atoms with Crippen LogP contribution in [-0.2, 0) is 21.7 Å². The molecule has 0 aliphatic carbocycles. The number of benzene rings is 3. The summed E-state index contributed by atoms with van der Waals surface area (Å²) in [7, 11) is 0. The van der Waals surface area contributed by atoms with Gasteiger partial charge in [-0.15, -0.1) is 10.2 Å². The number of hydrogen-bond acceptors (Lipinski definition) is 6. The maximum atomic E-state index is 13.4. The molecule has 0 spiro atoms. The van der Waals surface area contributed by atoms with Crippen LogP contribution in [0.1, 0.15) is 35.5 Å². The zero-order chi connectivity index (χ0) is 28.5. The van der Waals surface area contributed by atoms with Crippen LogP contribution in [0.3, 0.4) is 0 Å². The van der Waals surface area contributed by atoms with Gasteiger partial charge in [-0.1, -0.05) is 71.9 Å². The maximum absolute atomic E-state index is 13.4. The van der Waals surface area contributed by atoms with E-state index in [4.69, 9.17) is 16.3 Å². The summed E-state index contributed by atoms with van der Waals surface area (Å²) in [5.74, 6) is 0.177. The summed E-state index contributed by atoms with van der Waals surface area (Å²) in [6, 6.07) is 20.3. The summed E-state index contributed by atoms with van der Waals surface area (Å²) in [5, 5.41) is 15.6. The van der Waals surface area contributed by atoms with Gasteiger partial charge in [0.15, 0.2) is 11.0 Å². The summed E-state index contributed by atoms with van der Waals surface area (Å²) in [5.41, 5.74) is 3.58. The second-order valence-corrected chi connectivity index (χ2v) is 10.3. The van der Waals surface area contributed by atoms with Crippen molar-refractivity contribution in [3.63, 3.8) is 0 Å². The highest BCUT2D eigenvalue weighted by atomic mass is 35.5. The number of nitrogens with zero attached hydrogens (tertiary/aromatic N) is 3. The number of aryl methyl sites for hydroxylation is 1. The third kappa shape index (κ3) is 7.83. The van der Waals surface area contributed by atoms with Crippen molar-refractivity contribution in [1.29, 1.82) is 0 Å². The summed E-state index contributed by atoms with van der Waals surface area (Å²) in [6.45, 7) is 3.61. The van der Waals surface area contributed by atoms with Crippen LogP contribution in [0.2, 0.25) is 5.02 Å². The highest BCUT2D eigenvalue weighted by Crippen LogP contribution is 2.31. The molecular weight excluding hydrogens is 553 g/mol. The number of thioether (sulfide) groups is 1. The fourth-order valence-electron chi connectivity index (χ4n) is 4.01. The second-order valence-electron chi connectivity index (χ2n) is 8.90. The van der Waals surface area contributed by atoms with E-state index in [1.54, 1.807) is 25.1 Å². The highest BCUT2D eigenvalue weighted by Gasteiger charge is 2.26. The van der Waals surface area contributed by atoms with Crippen molar-refractivity contribution in [3.8, 4) is 5.69 Å². The maximum Gasteiger partial charge on any atom is 0.325 e. The van der Waals surface area contributed by atoms with Gasteiger partial charge in [0.1, 0.15) is 12.4 Å². The smallest absolute Gasteiger partial charge is 0.325 e. The molecule has 1 atom stereocenters. The Morgan fingerprint density at radius 2 is 1.80 bits per heavy atom. The van der Waals surface area contributed by atoms with Gasteiger partial charge >= 0.3 is 12.0 Å². The molecule has 4 rings (SSSR count). The number of hydrogen-bond donors (Lipinski definition) is 2. The normalized spacial score (nSPS) is 11.6. The van der Waals surface area contributed by atoms with Crippen molar-refractivity contribution in [2.45, 2.75) is 37.2 Å².